The van der Waals surface area contributed by atoms with E-state index in [2.05, 4.69) is 5.10 Å². The molecule has 0 saturated heterocycles. The van der Waals surface area contributed by atoms with Crippen LogP contribution in [0.25, 0.3) is 27.7 Å². The quantitative estimate of drug-likeness (QED) is 0.458. The van der Waals surface area contributed by atoms with E-state index < -0.39 is 11.7 Å². The molecule has 0 fully saturated rings. The first-order valence-electron chi connectivity index (χ1n) is 7.74. The SMILES string of the molecule is FC(F)(F)c1cc(-n2cc3ccccc3n2)ccc1-c1ccccc1. The molecule has 4 rings (SSSR count). The van der Waals surface area contributed by atoms with E-state index in [-0.39, 0.29) is 5.56 Å². The molecule has 0 aliphatic rings. The van der Waals surface area contributed by atoms with Gasteiger partial charge in [0.15, 0.2) is 0 Å². The Labute approximate surface area is 142 Å². The van der Waals surface area contributed by atoms with Gasteiger partial charge in [-0.3, -0.25) is 0 Å². The van der Waals surface area contributed by atoms with Gasteiger partial charge in [-0.15, -0.1) is 0 Å². The van der Waals surface area contributed by atoms with Crippen molar-refractivity contribution in [2.24, 2.45) is 0 Å². The highest BCUT2D eigenvalue weighted by Gasteiger charge is 2.34. The zero-order chi connectivity index (χ0) is 17.4. The van der Waals surface area contributed by atoms with Crippen LogP contribution in [0.15, 0.2) is 79.0 Å². The first-order chi connectivity index (χ1) is 12.0. The minimum absolute atomic E-state index is 0.161. The van der Waals surface area contributed by atoms with Crippen LogP contribution in [0.4, 0.5) is 13.2 Å². The van der Waals surface area contributed by atoms with Gasteiger partial charge in [-0.2, -0.15) is 18.3 Å². The Kier molecular flexibility index (Phi) is 3.57. The summed E-state index contributed by atoms with van der Waals surface area (Å²) in [5.41, 5.74) is 1.14. The largest absolute Gasteiger partial charge is 0.417 e. The number of hydrogen-bond acceptors (Lipinski definition) is 1. The molecule has 4 aromatic rings. The summed E-state index contributed by atoms with van der Waals surface area (Å²) < 4.78 is 42.3. The van der Waals surface area contributed by atoms with Crippen LogP contribution < -0.4 is 0 Å². The van der Waals surface area contributed by atoms with E-state index in [0.29, 0.717) is 11.3 Å². The van der Waals surface area contributed by atoms with Crippen LogP contribution in [0.3, 0.4) is 0 Å². The summed E-state index contributed by atoms with van der Waals surface area (Å²) in [4.78, 5) is 0. The number of nitrogens with zero attached hydrogens (tertiary/aromatic N) is 2. The monoisotopic (exact) mass is 338 g/mol. The summed E-state index contributed by atoms with van der Waals surface area (Å²) in [6.45, 7) is 0. The normalized spacial score (nSPS) is 11.8. The Hall–Kier alpha value is -3.08. The number of aromatic nitrogens is 2. The molecule has 0 aliphatic carbocycles. The standard InChI is InChI=1S/C20H13F3N2/c21-20(22,23)18-12-16(10-11-17(18)14-6-2-1-3-7-14)25-13-15-8-4-5-9-19(15)24-25/h1-13H. The second-order valence-electron chi connectivity index (χ2n) is 5.73. The number of fused-ring (bicyclic) bond motifs is 1. The summed E-state index contributed by atoms with van der Waals surface area (Å²) in [6.07, 6.45) is -2.72. The summed E-state index contributed by atoms with van der Waals surface area (Å²) in [5, 5.41) is 5.24. The molecule has 0 amide bonds. The van der Waals surface area contributed by atoms with Crippen LogP contribution in [0.1, 0.15) is 5.56 Å². The fourth-order valence-corrected chi connectivity index (χ4v) is 2.88. The van der Waals surface area contributed by atoms with Gasteiger partial charge >= 0.3 is 6.18 Å². The van der Waals surface area contributed by atoms with Gasteiger partial charge in [0.2, 0.25) is 0 Å². The predicted molar refractivity (Wildman–Crippen MR) is 91.5 cm³/mol. The summed E-state index contributed by atoms with van der Waals surface area (Å²) in [6, 6.07) is 20.3. The predicted octanol–water partition coefficient (Wildman–Crippen LogP) is 5.71. The second kappa shape index (κ2) is 5.77. The third-order valence-electron chi connectivity index (χ3n) is 4.07. The third kappa shape index (κ3) is 2.89. The van der Waals surface area contributed by atoms with Crippen LogP contribution in [-0.2, 0) is 6.18 Å². The maximum absolute atomic E-state index is 13.6. The number of hydrogen-bond donors (Lipinski definition) is 0. The smallest absolute Gasteiger partial charge is 0.240 e. The Balaban J connectivity index is 1.88. The van der Waals surface area contributed by atoms with Crippen LogP contribution in [0.5, 0.6) is 0 Å². The highest BCUT2D eigenvalue weighted by Crippen LogP contribution is 2.38. The first kappa shape index (κ1) is 15.4. The van der Waals surface area contributed by atoms with Crippen molar-refractivity contribution in [2.75, 3.05) is 0 Å². The molecule has 0 bridgehead atoms. The lowest BCUT2D eigenvalue weighted by Gasteiger charge is -2.15. The van der Waals surface area contributed by atoms with Gasteiger partial charge in [0.05, 0.1) is 16.8 Å². The lowest BCUT2D eigenvalue weighted by atomic mass is 9.98. The molecule has 0 atom stereocenters. The molecule has 2 nitrogen and oxygen atoms in total. The zero-order valence-corrected chi connectivity index (χ0v) is 13.0. The molecule has 1 heterocycles. The Morgan fingerprint density at radius 2 is 1.52 bits per heavy atom. The average Bonchev–Trinajstić information content (AvgIpc) is 3.05. The van der Waals surface area contributed by atoms with Crippen molar-refractivity contribution >= 4 is 10.9 Å². The number of halogens is 3. The van der Waals surface area contributed by atoms with E-state index in [1.807, 2.05) is 24.3 Å². The summed E-state index contributed by atoms with van der Waals surface area (Å²) in [5.74, 6) is 0. The van der Waals surface area contributed by atoms with Crippen molar-refractivity contribution < 1.29 is 13.2 Å². The number of alkyl halides is 3. The molecular formula is C20H13F3N2. The number of benzene rings is 3. The van der Waals surface area contributed by atoms with Gasteiger partial charge in [0, 0.05) is 11.6 Å². The van der Waals surface area contributed by atoms with E-state index in [1.54, 1.807) is 42.6 Å². The van der Waals surface area contributed by atoms with Gasteiger partial charge < -0.3 is 0 Å². The van der Waals surface area contributed by atoms with Crippen molar-refractivity contribution in [3.05, 3.63) is 84.6 Å². The molecule has 1 aromatic heterocycles. The van der Waals surface area contributed by atoms with Crippen LogP contribution in [0.2, 0.25) is 0 Å². The summed E-state index contributed by atoms with van der Waals surface area (Å²) in [7, 11) is 0. The van der Waals surface area contributed by atoms with Crippen molar-refractivity contribution in [3.8, 4) is 16.8 Å². The maximum atomic E-state index is 13.6. The van der Waals surface area contributed by atoms with Gasteiger partial charge in [-0.1, -0.05) is 54.6 Å². The minimum Gasteiger partial charge on any atom is -0.240 e. The molecule has 3 aromatic carbocycles. The highest BCUT2D eigenvalue weighted by molar-refractivity contribution is 5.78. The molecule has 0 unspecified atom stereocenters. The molecule has 5 heteroatoms. The Bertz CT molecular complexity index is 1000. The van der Waals surface area contributed by atoms with E-state index in [4.69, 9.17) is 0 Å². The topological polar surface area (TPSA) is 17.8 Å². The molecule has 25 heavy (non-hydrogen) atoms. The third-order valence-corrected chi connectivity index (χ3v) is 4.07. The van der Waals surface area contributed by atoms with Crippen LogP contribution in [0, 0.1) is 0 Å². The van der Waals surface area contributed by atoms with Gasteiger partial charge in [0.25, 0.3) is 0 Å². The molecule has 0 spiro atoms. The molecular weight excluding hydrogens is 325 g/mol. The molecule has 124 valence electrons. The first-order valence-corrected chi connectivity index (χ1v) is 7.74. The van der Waals surface area contributed by atoms with Crippen molar-refractivity contribution in [3.63, 3.8) is 0 Å². The number of rotatable bonds is 2. The maximum Gasteiger partial charge on any atom is 0.417 e. The fourth-order valence-electron chi connectivity index (χ4n) is 2.88. The Morgan fingerprint density at radius 1 is 0.800 bits per heavy atom. The lowest BCUT2D eigenvalue weighted by molar-refractivity contribution is -0.137. The van der Waals surface area contributed by atoms with Crippen molar-refractivity contribution in [2.45, 2.75) is 6.18 Å². The fraction of sp³-hybridized carbons (Fsp3) is 0.0500. The van der Waals surface area contributed by atoms with E-state index >= 15 is 0 Å². The van der Waals surface area contributed by atoms with E-state index in [0.717, 1.165) is 17.0 Å². The summed E-state index contributed by atoms with van der Waals surface area (Å²) >= 11 is 0. The zero-order valence-electron chi connectivity index (χ0n) is 13.0. The van der Waals surface area contributed by atoms with Gasteiger partial charge in [-0.25, -0.2) is 4.68 Å². The molecule has 0 radical (unpaired) electrons. The van der Waals surface area contributed by atoms with Crippen LogP contribution >= 0.6 is 0 Å². The molecule has 0 N–H and O–H groups in total. The van der Waals surface area contributed by atoms with Crippen molar-refractivity contribution in [1.82, 2.24) is 9.78 Å². The van der Waals surface area contributed by atoms with E-state index in [1.165, 1.54) is 10.7 Å². The van der Waals surface area contributed by atoms with Gasteiger partial charge in [-0.05, 0) is 29.3 Å². The second-order valence-corrected chi connectivity index (χ2v) is 5.73. The minimum atomic E-state index is -4.45. The van der Waals surface area contributed by atoms with Crippen LogP contribution in [-0.4, -0.2) is 9.78 Å². The average molecular weight is 338 g/mol. The van der Waals surface area contributed by atoms with Crippen molar-refractivity contribution in [1.29, 1.82) is 0 Å². The van der Waals surface area contributed by atoms with E-state index in [9.17, 15) is 13.2 Å². The Morgan fingerprint density at radius 3 is 2.24 bits per heavy atom. The lowest BCUT2D eigenvalue weighted by Crippen LogP contribution is -2.09. The molecule has 0 saturated carbocycles. The highest BCUT2D eigenvalue weighted by atomic mass is 19.4. The van der Waals surface area contributed by atoms with Gasteiger partial charge in [0.1, 0.15) is 0 Å². The molecule has 0 aliphatic heterocycles.